The van der Waals surface area contributed by atoms with Crippen molar-refractivity contribution in [2.75, 3.05) is 59.6 Å². The SMILES string of the molecule is CCn1nc(CCCOC(=O)c2cccc(C(=O)N3CCN(C)CC3)c2)c2c1C(=O)NCCCOCCC2. The molecule has 3 heterocycles. The van der Waals surface area contributed by atoms with Gasteiger partial charge in [-0.3, -0.25) is 14.3 Å². The zero-order chi connectivity index (χ0) is 26.9. The molecule has 1 N–H and O–H groups in total. The summed E-state index contributed by atoms with van der Waals surface area (Å²) in [5, 5.41) is 7.69. The Hall–Kier alpha value is -3.24. The summed E-state index contributed by atoms with van der Waals surface area (Å²) in [5.41, 5.74) is 3.31. The Kier molecular flexibility index (Phi) is 9.89. The summed E-state index contributed by atoms with van der Waals surface area (Å²) in [7, 11) is 2.04. The Labute approximate surface area is 224 Å². The van der Waals surface area contributed by atoms with Gasteiger partial charge in [0.2, 0.25) is 0 Å². The Morgan fingerprint density at radius 3 is 2.66 bits per heavy atom. The van der Waals surface area contributed by atoms with Gasteiger partial charge in [0.05, 0.1) is 17.9 Å². The zero-order valence-electron chi connectivity index (χ0n) is 22.5. The number of esters is 1. The number of nitrogens with one attached hydrogen (secondary N) is 1. The third kappa shape index (κ3) is 6.99. The van der Waals surface area contributed by atoms with Gasteiger partial charge in [-0.05, 0) is 64.3 Å². The molecule has 4 rings (SSSR count). The van der Waals surface area contributed by atoms with Crippen molar-refractivity contribution in [3.63, 3.8) is 0 Å². The Bertz CT molecular complexity index is 1120. The van der Waals surface area contributed by atoms with E-state index in [0.29, 0.717) is 75.5 Å². The summed E-state index contributed by atoms with van der Waals surface area (Å²) in [5.74, 6) is -0.611. The van der Waals surface area contributed by atoms with Crippen molar-refractivity contribution in [3.05, 3.63) is 52.3 Å². The van der Waals surface area contributed by atoms with Crippen molar-refractivity contribution < 1.29 is 23.9 Å². The maximum Gasteiger partial charge on any atom is 0.338 e. The molecule has 10 heteroatoms. The molecule has 0 atom stereocenters. The Balaban J connectivity index is 1.35. The molecule has 1 aromatic heterocycles. The van der Waals surface area contributed by atoms with Crippen molar-refractivity contribution in [2.45, 2.75) is 45.6 Å². The number of aryl methyl sites for hydroxylation is 2. The predicted molar refractivity (Wildman–Crippen MR) is 142 cm³/mol. The smallest absolute Gasteiger partial charge is 0.338 e. The van der Waals surface area contributed by atoms with Gasteiger partial charge in [0.25, 0.3) is 11.8 Å². The number of rotatable bonds is 7. The number of amides is 2. The van der Waals surface area contributed by atoms with E-state index in [1.807, 2.05) is 18.9 Å². The van der Waals surface area contributed by atoms with Crippen LogP contribution in [0.15, 0.2) is 24.3 Å². The number of carbonyl (C=O) groups excluding carboxylic acids is 3. The number of aromatic nitrogens is 2. The fraction of sp³-hybridized carbons (Fsp3) is 0.571. The van der Waals surface area contributed by atoms with E-state index in [4.69, 9.17) is 14.6 Å². The normalized spacial score (nSPS) is 17.3. The number of hydrogen-bond donors (Lipinski definition) is 1. The molecule has 0 spiro atoms. The van der Waals surface area contributed by atoms with Crippen LogP contribution >= 0.6 is 0 Å². The van der Waals surface area contributed by atoms with Crippen molar-refractivity contribution in [1.29, 1.82) is 0 Å². The molecule has 0 saturated carbocycles. The van der Waals surface area contributed by atoms with Crippen LogP contribution in [0.25, 0.3) is 0 Å². The number of hydrogen-bond acceptors (Lipinski definition) is 7. The van der Waals surface area contributed by atoms with Gasteiger partial charge in [-0.15, -0.1) is 0 Å². The monoisotopic (exact) mass is 525 g/mol. The third-order valence-corrected chi connectivity index (χ3v) is 7.04. The van der Waals surface area contributed by atoms with Crippen molar-refractivity contribution >= 4 is 17.8 Å². The van der Waals surface area contributed by atoms with Crippen molar-refractivity contribution in [1.82, 2.24) is 24.9 Å². The lowest BCUT2D eigenvalue weighted by Crippen LogP contribution is -2.47. The van der Waals surface area contributed by atoms with E-state index in [9.17, 15) is 14.4 Å². The number of ether oxygens (including phenoxy) is 2. The van der Waals surface area contributed by atoms with E-state index in [-0.39, 0.29) is 18.4 Å². The van der Waals surface area contributed by atoms with Gasteiger partial charge >= 0.3 is 5.97 Å². The molecule has 38 heavy (non-hydrogen) atoms. The van der Waals surface area contributed by atoms with Crippen LogP contribution in [-0.4, -0.2) is 97.0 Å². The number of nitrogens with zero attached hydrogens (tertiary/aromatic N) is 4. The summed E-state index contributed by atoms with van der Waals surface area (Å²) < 4.78 is 13.0. The standard InChI is InChI=1S/C28H39N5O5/c1-3-33-25-23(10-5-17-37-18-7-12-29-26(25)34)24(30-33)11-6-19-38-28(36)22-9-4-8-21(20-22)27(35)32-15-13-31(2)14-16-32/h4,8-9,20H,3,5-7,10-19H2,1-2H3,(H,29,34). The first-order valence-electron chi connectivity index (χ1n) is 13.7. The fourth-order valence-corrected chi connectivity index (χ4v) is 4.87. The van der Waals surface area contributed by atoms with E-state index in [1.54, 1.807) is 28.9 Å². The van der Waals surface area contributed by atoms with Crippen LogP contribution in [0, 0.1) is 0 Å². The minimum absolute atomic E-state index is 0.0626. The van der Waals surface area contributed by atoms with Gasteiger partial charge in [0, 0.05) is 63.6 Å². The van der Waals surface area contributed by atoms with Crippen molar-refractivity contribution in [2.24, 2.45) is 0 Å². The molecule has 2 aliphatic rings. The lowest BCUT2D eigenvalue weighted by atomic mass is 10.0. The molecule has 206 valence electrons. The van der Waals surface area contributed by atoms with Crippen molar-refractivity contribution in [3.8, 4) is 0 Å². The first-order chi connectivity index (χ1) is 18.5. The van der Waals surface area contributed by atoms with Crippen LogP contribution in [0.1, 0.15) is 68.6 Å². The second-order valence-electron chi connectivity index (χ2n) is 9.83. The maximum absolute atomic E-state index is 12.9. The highest BCUT2D eigenvalue weighted by atomic mass is 16.5. The molecule has 10 nitrogen and oxygen atoms in total. The first kappa shape index (κ1) is 27.8. The molecular formula is C28H39N5O5. The lowest BCUT2D eigenvalue weighted by Gasteiger charge is -2.32. The van der Waals surface area contributed by atoms with Gasteiger partial charge < -0.3 is 24.6 Å². The molecule has 2 aromatic rings. The summed E-state index contributed by atoms with van der Waals surface area (Å²) in [6.07, 6.45) is 3.50. The molecule has 0 radical (unpaired) electrons. The van der Waals surface area contributed by atoms with Crippen LogP contribution in [0.4, 0.5) is 0 Å². The van der Waals surface area contributed by atoms with E-state index in [2.05, 4.69) is 10.2 Å². The van der Waals surface area contributed by atoms with Crippen LogP contribution in [0.5, 0.6) is 0 Å². The molecule has 2 aliphatic heterocycles. The van der Waals surface area contributed by atoms with Crippen LogP contribution in [0.2, 0.25) is 0 Å². The third-order valence-electron chi connectivity index (χ3n) is 7.04. The molecule has 1 aromatic carbocycles. The van der Waals surface area contributed by atoms with E-state index in [0.717, 1.165) is 37.2 Å². The minimum Gasteiger partial charge on any atom is -0.462 e. The summed E-state index contributed by atoms with van der Waals surface area (Å²) in [6, 6.07) is 6.74. The highest BCUT2D eigenvalue weighted by Crippen LogP contribution is 2.20. The van der Waals surface area contributed by atoms with E-state index in [1.165, 1.54) is 0 Å². The van der Waals surface area contributed by atoms with E-state index >= 15 is 0 Å². The highest BCUT2D eigenvalue weighted by molar-refractivity contribution is 5.98. The molecule has 0 bridgehead atoms. The average molecular weight is 526 g/mol. The number of carbonyl (C=O) groups is 3. The van der Waals surface area contributed by atoms with Gasteiger partial charge in [0.1, 0.15) is 5.69 Å². The largest absolute Gasteiger partial charge is 0.462 e. The minimum atomic E-state index is -0.451. The zero-order valence-corrected chi connectivity index (χ0v) is 22.5. The number of likely N-dealkylation sites (N-methyl/N-ethyl adjacent to an activating group) is 1. The summed E-state index contributed by atoms with van der Waals surface area (Å²) >= 11 is 0. The molecule has 2 amide bonds. The second-order valence-corrected chi connectivity index (χ2v) is 9.83. The predicted octanol–water partition coefficient (Wildman–Crippen LogP) is 2.16. The van der Waals surface area contributed by atoms with Gasteiger partial charge in [0.15, 0.2) is 0 Å². The van der Waals surface area contributed by atoms with Gasteiger partial charge in [-0.2, -0.15) is 5.10 Å². The topological polar surface area (TPSA) is 106 Å². The van der Waals surface area contributed by atoms with Crippen LogP contribution < -0.4 is 5.32 Å². The van der Waals surface area contributed by atoms with Crippen LogP contribution in [-0.2, 0) is 28.9 Å². The fourth-order valence-electron chi connectivity index (χ4n) is 4.87. The van der Waals surface area contributed by atoms with Gasteiger partial charge in [-0.1, -0.05) is 6.07 Å². The number of benzene rings is 1. The molecule has 0 unspecified atom stereocenters. The first-order valence-corrected chi connectivity index (χ1v) is 13.7. The summed E-state index contributed by atoms with van der Waals surface area (Å²) in [4.78, 5) is 42.5. The molecule has 1 fully saturated rings. The Morgan fingerprint density at radius 1 is 1.11 bits per heavy atom. The Morgan fingerprint density at radius 2 is 1.87 bits per heavy atom. The maximum atomic E-state index is 12.9. The number of piperazine rings is 1. The average Bonchev–Trinajstić information content (AvgIpc) is 3.27. The molecular weight excluding hydrogens is 486 g/mol. The lowest BCUT2D eigenvalue weighted by molar-refractivity contribution is 0.0500. The quantitative estimate of drug-likeness (QED) is 0.436. The highest BCUT2D eigenvalue weighted by Gasteiger charge is 2.24. The van der Waals surface area contributed by atoms with Gasteiger partial charge in [-0.25, -0.2) is 4.79 Å². The molecule has 0 aliphatic carbocycles. The molecule has 1 saturated heterocycles. The van der Waals surface area contributed by atoms with Crippen LogP contribution in [0.3, 0.4) is 0 Å². The summed E-state index contributed by atoms with van der Waals surface area (Å²) in [6.45, 7) is 7.69. The second kappa shape index (κ2) is 13.5. The van der Waals surface area contributed by atoms with E-state index < -0.39 is 5.97 Å². The number of fused-ring (bicyclic) bond motifs is 1.